The molecule has 16 heavy (non-hydrogen) atoms. The molecule has 2 rings (SSSR count). The number of H-pyrrole nitrogens is 1. The third kappa shape index (κ3) is 1.67. The molecular formula is C11H9FN2O2. The molecule has 2 aromatic rings. The first-order chi connectivity index (χ1) is 7.59. The second-order valence-electron chi connectivity index (χ2n) is 3.40. The summed E-state index contributed by atoms with van der Waals surface area (Å²) in [5.41, 5.74) is 1.28. The highest BCUT2D eigenvalue weighted by Crippen LogP contribution is 2.24. The molecular weight excluding hydrogens is 211 g/mol. The van der Waals surface area contributed by atoms with Crippen LogP contribution in [0.25, 0.3) is 11.3 Å². The van der Waals surface area contributed by atoms with Crippen LogP contribution in [0.3, 0.4) is 0 Å². The summed E-state index contributed by atoms with van der Waals surface area (Å²) in [5, 5.41) is 14.8. The van der Waals surface area contributed by atoms with E-state index >= 15 is 0 Å². The van der Waals surface area contributed by atoms with Crippen molar-refractivity contribution in [3.63, 3.8) is 0 Å². The average Bonchev–Trinajstić information content (AvgIpc) is 2.66. The maximum atomic E-state index is 13.5. The molecule has 0 saturated heterocycles. The van der Waals surface area contributed by atoms with Crippen LogP contribution in [-0.4, -0.2) is 21.3 Å². The van der Waals surface area contributed by atoms with Gasteiger partial charge in [0.05, 0.1) is 5.69 Å². The van der Waals surface area contributed by atoms with Gasteiger partial charge in [0.1, 0.15) is 11.5 Å². The Balaban J connectivity index is 2.54. The molecule has 0 aliphatic heterocycles. The van der Waals surface area contributed by atoms with Crippen molar-refractivity contribution < 1.29 is 14.3 Å². The molecule has 0 spiro atoms. The summed E-state index contributed by atoms with van der Waals surface area (Å²) in [6.45, 7) is 1.74. The Kier molecular flexibility index (Phi) is 2.44. The highest BCUT2D eigenvalue weighted by Gasteiger charge is 2.14. The summed E-state index contributed by atoms with van der Waals surface area (Å²) in [4.78, 5) is 10.7. The number of halogens is 1. The summed E-state index contributed by atoms with van der Waals surface area (Å²) in [7, 11) is 0. The predicted molar refractivity (Wildman–Crippen MR) is 55.7 cm³/mol. The van der Waals surface area contributed by atoms with Gasteiger partial charge in [-0.2, -0.15) is 5.10 Å². The van der Waals surface area contributed by atoms with E-state index in [0.717, 1.165) is 0 Å². The summed E-state index contributed by atoms with van der Waals surface area (Å²) < 4.78 is 13.5. The van der Waals surface area contributed by atoms with E-state index in [1.807, 2.05) is 0 Å². The number of benzene rings is 1. The van der Waals surface area contributed by atoms with Crippen LogP contribution >= 0.6 is 0 Å². The van der Waals surface area contributed by atoms with Gasteiger partial charge < -0.3 is 5.11 Å². The van der Waals surface area contributed by atoms with E-state index < -0.39 is 11.8 Å². The molecule has 0 atom stereocenters. The minimum absolute atomic E-state index is 0.0577. The van der Waals surface area contributed by atoms with Gasteiger partial charge in [-0.1, -0.05) is 12.1 Å². The van der Waals surface area contributed by atoms with Crippen molar-refractivity contribution in [1.82, 2.24) is 10.2 Å². The Morgan fingerprint density at radius 1 is 1.50 bits per heavy atom. The second kappa shape index (κ2) is 3.77. The summed E-state index contributed by atoms with van der Waals surface area (Å²) in [5.74, 6) is -1.53. The molecule has 4 nitrogen and oxygen atoms in total. The van der Waals surface area contributed by atoms with Crippen molar-refractivity contribution in [3.05, 3.63) is 41.3 Å². The fourth-order valence-electron chi connectivity index (χ4n) is 1.52. The molecule has 82 valence electrons. The fraction of sp³-hybridized carbons (Fsp3) is 0.0909. The standard InChI is InChI=1S/C11H9FN2O2/c1-6-3-2-4-7(12)10(6)8-5-9(11(15)16)14-13-8/h2-5H,1H3,(H,13,14)(H,15,16). The summed E-state index contributed by atoms with van der Waals surface area (Å²) in [6, 6.07) is 5.97. The average molecular weight is 220 g/mol. The van der Waals surface area contributed by atoms with Gasteiger partial charge in [0.2, 0.25) is 0 Å². The van der Waals surface area contributed by atoms with E-state index in [2.05, 4.69) is 10.2 Å². The molecule has 0 amide bonds. The Hall–Kier alpha value is -2.17. The van der Waals surface area contributed by atoms with Crippen LogP contribution in [0.2, 0.25) is 0 Å². The zero-order valence-electron chi connectivity index (χ0n) is 8.49. The molecule has 2 N–H and O–H groups in total. The Labute approximate surface area is 90.7 Å². The Morgan fingerprint density at radius 2 is 2.25 bits per heavy atom. The lowest BCUT2D eigenvalue weighted by molar-refractivity contribution is 0.0690. The first-order valence-electron chi connectivity index (χ1n) is 4.64. The lowest BCUT2D eigenvalue weighted by atomic mass is 10.1. The van der Waals surface area contributed by atoms with Crippen LogP contribution < -0.4 is 0 Å². The number of nitrogens with one attached hydrogen (secondary N) is 1. The zero-order chi connectivity index (χ0) is 11.7. The predicted octanol–water partition coefficient (Wildman–Crippen LogP) is 2.22. The van der Waals surface area contributed by atoms with Gasteiger partial charge in [0.15, 0.2) is 0 Å². The van der Waals surface area contributed by atoms with Crippen molar-refractivity contribution in [2.24, 2.45) is 0 Å². The number of hydrogen-bond acceptors (Lipinski definition) is 2. The maximum absolute atomic E-state index is 13.5. The van der Waals surface area contributed by atoms with Gasteiger partial charge in [-0.3, -0.25) is 5.10 Å². The Morgan fingerprint density at radius 3 is 2.81 bits per heavy atom. The van der Waals surface area contributed by atoms with Crippen molar-refractivity contribution in [3.8, 4) is 11.3 Å². The van der Waals surface area contributed by atoms with Crippen LogP contribution in [0.1, 0.15) is 16.1 Å². The molecule has 0 bridgehead atoms. The minimum atomic E-state index is -1.12. The highest BCUT2D eigenvalue weighted by atomic mass is 19.1. The molecule has 1 heterocycles. The van der Waals surface area contributed by atoms with Crippen LogP contribution in [0, 0.1) is 12.7 Å². The van der Waals surface area contributed by atoms with E-state index in [9.17, 15) is 9.18 Å². The molecule has 0 aliphatic carbocycles. The molecule has 0 fully saturated rings. The van der Waals surface area contributed by atoms with E-state index in [0.29, 0.717) is 16.8 Å². The quantitative estimate of drug-likeness (QED) is 0.815. The molecule has 0 radical (unpaired) electrons. The third-order valence-corrected chi connectivity index (χ3v) is 2.29. The Bertz CT molecular complexity index is 528. The van der Waals surface area contributed by atoms with Crippen LogP contribution in [0.5, 0.6) is 0 Å². The smallest absolute Gasteiger partial charge is 0.353 e. The van der Waals surface area contributed by atoms with Gasteiger partial charge in [-0.05, 0) is 24.6 Å². The van der Waals surface area contributed by atoms with E-state index in [4.69, 9.17) is 5.11 Å². The van der Waals surface area contributed by atoms with Gasteiger partial charge in [0.25, 0.3) is 0 Å². The molecule has 1 aromatic heterocycles. The molecule has 5 heteroatoms. The minimum Gasteiger partial charge on any atom is -0.477 e. The van der Waals surface area contributed by atoms with Crippen LogP contribution in [0.4, 0.5) is 4.39 Å². The largest absolute Gasteiger partial charge is 0.477 e. The number of aromatic nitrogens is 2. The highest BCUT2D eigenvalue weighted by molar-refractivity contribution is 5.87. The van der Waals surface area contributed by atoms with Gasteiger partial charge >= 0.3 is 5.97 Å². The van der Waals surface area contributed by atoms with Crippen molar-refractivity contribution in [1.29, 1.82) is 0 Å². The molecule has 0 aliphatic rings. The number of carbonyl (C=O) groups is 1. The van der Waals surface area contributed by atoms with Gasteiger partial charge in [-0.25, -0.2) is 9.18 Å². The molecule has 0 unspecified atom stereocenters. The number of aromatic carboxylic acids is 1. The lowest BCUT2D eigenvalue weighted by Crippen LogP contribution is -1.95. The number of carboxylic acid groups (broad SMARTS) is 1. The normalized spacial score (nSPS) is 10.4. The van der Waals surface area contributed by atoms with Gasteiger partial charge in [-0.15, -0.1) is 0 Å². The monoisotopic (exact) mass is 220 g/mol. The van der Waals surface area contributed by atoms with Crippen molar-refractivity contribution >= 4 is 5.97 Å². The van der Waals surface area contributed by atoms with E-state index in [1.54, 1.807) is 19.1 Å². The van der Waals surface area contributed by atoms with Crippen molar-refractivity contribution in [2.45, 2.75) is 6.92 Å². The first kappa shape index (κ1) is 10.4. The van der Waals surface area contributed by atoms with Crippen LogP contribution in [0.15, 0.2) is 24.3 Å². The fourth-order valence-corrected chi connectivity index (χ4v) is 1.52. The second-order valence-corrected chi connectivity index (χ2v) is 3.40. The maximum Gasteiger partial charge on any atom is 0.353 e. The SMILES string of the molecule is Cc1cccc(F)c1-c1cc(C(=O)O)[nH]n1. The zero-order valence-corrected chi connectivity index (χ0v) is 8.49. The summed E-state index contributed by atoms with van der Waals surface area (Å²) in [6.07, 6.45) is 0. The number of carboxylic acids is 1. The van der Waals surface area contributed by atoms with E-state index in [1.165, 1.54) is 12.1 Å². The number of nitrogens with zero attached hydrogens (tertiary/aromatic N) is 1. The first-order valence-corrected chi connectivity index (χ1v) is 4.64. The number of aromatic amines is 1. The topological polar surface area (TPSA) is 66.0 Å². The third-order valence-electron chi connectivity index (χ3n) is 2.29. The molecule has 0 saturated carbocycles. The number of aryl methyl sites for hydroxylation is 1. The number of hydrogen-bond donors (Lipinski definition) is 2. The lowest BCUT2D eigenvalue weighted by Gasteiger charge is -2.02. The van der Waals surface area contributed by atoms with Crippen LogP contribution in [-0.2, 0) is 0 Å². The number of rotatable bonds is 2. The van der Waals surface area contributed by atoms with Crippen molar-refractivity contribution in [2.75, 3.05) is 0 Å². The van der Waals surface area contributed by atoms with E-state index in [-0.39, 0.29) is 5.69 Å². The summed E-state index contributed by atoms with van der Waals surface area (Å²) >= 11 is 0. The molecule has 1 aromatic carbocycles. The van der Waals surface area contributed by atoms with Gasteiger partial charge in [0, 0.05) is 5.56 Å².